The molecule has 2 N–H and O–H groups in total. The molecule has 2 aliphatic heterocycles. The molecule has 0 saturated carbocycles. The van der Waals surface area contributed by atoms with Gasteiger partial charge >= 0.3 is 0 Å². The van der Waals surface area contributed by atoms with Gasteiger partial charge in [0.2, 0.25) is 5.91 Å². The number of fused-ring (bicyclic) bond motifs is 5. The zero-order valence-corrected chi connectivity index (χ0v) is 15.2. The lowest BCUT2D eigenvalue weighted by Gasteiger charge is -2.33. The summed E-state index contributed by atoms with van der Waals surface area (Å²) in [5.41, 5.74) is 1.16. The summed E-state index contributed by atoms with van der Waals surface area (Å²) in [4.78, 5) is 40.2. The lowest BCUT2D eigenvalue weighted by atomic mass is 9.65. The van der Waals surface area contributed by atoms with E-state index in [1.165, 1.54) is 0 Å². The van der Waals surface area contributed by atoms with Gasteiger partial charge in [0.1, 0.15) is 5.54 Å². The van der Waals surface area contributed by atoms with Crippen molar-refractivity contribution in [2.24, 2.45) is 17.8 Å². The van der Waals surface area contributed by atoms with E-state index >= 15 is 0 Å². The molecule has 5 nitrogen and oxygen atoms in total. The van der Waals surface area contributed by atoms with Crippen LogP contribution in [-0.4, -0.2) is 23.5 Å². The molecule has 5 heteroatoms. The molecule has 1 aliphatic carbocycles. The molecule has 1 saturated heterocycles. The molecule has 2 aromatic rings. The number of hydrogen-bond acceptors (Lipinski definition) is 4. The van der Waals surface area contributed by atoms with Crippen molar-refractivity contribution in [2.75, 3.05) is 5.32 Å². The van der Waals surface area contributed by atoms with Gasteiger partial charge in [-0.3, -0.25) is 19.7 Å². The highest BCUT2D eigenvalue weighted by Gasteiger charge is 2.67. The minimum atomic E-state index is -1.20. The maximum Gasteiger partial charge on any atom is 0.250 e. The molecule has 5 rings (SSSR count). The summed E-state index contributed by atoms with van der Waals surface area (Å²) in [5.74, 6) is -1.62. The zero-order chi connectivity index (χ0) is 18.9. The van der Waals surface area contributed by atoms with Crippen LogP contribution in [0.4, 0.5) is 5.69 Å². The Hall–Kier alpha value is -2.79. The van der Waals surface area contributed by atoms with Crippen LogP contribution >= 0.6 is 0 Å². The van der Waals surface area contributed by atoms with Gasteiger partial charge in [-0.15, -0.1) is 0 Å². The molecule has 0 bridgehead atoms. The van der Waals surface area contributed by atoms with Crippen molar-refractivity contribution in [1.29, 1.82) is 0 Å². The van der Waals surface area contributed by atoms with Crippen LogP contribution in [0.15, 0.2) is 48.5 Å². The minimum absolute atomic E-state index is 0.0459. The zero-order valence-electron chi connectivity index (χ0n) is 15.2. The van der Waals surface area contributed by atoms with Crippen molar-refractivity contribution < 1.29 is 14.4 Å². The predicted molar refractivity (Wildman–Crippen MR) is 101 cm³/mol. The molecule has 4 atom stereocenters. The summed E-state index contributed by atoms with van der Waals surface area (Å²) in [7, 11) is 0. The van der Waals surface area contributed by atoms with Crippen LogP contribution in [-0.2, 0) is 10.3 Å². The molecule has 0 unspecified atom stereocenters. The van der Waals surface area contributed by atoms with Crippen molar-refractivity contribution in [3.05, 3.63) is 65.2 Å². The Morgan fingerprint density at radius 2 is 1.52 bits per heavy atom. The SMILES string of the molecule is CC(C)[C@H]1N[C@]2(C(=O)Nc3ccccc32)[C@@H]2C(=O)c3ccccc3C(=O)[C@@H]12. The average Bonchev–Trinajstić information content (AvgIpc) is 3.17. The summed E-state index contributed by atoms with van der Waals surface area (Å²) in [5, 5.41) is 6.37. The molecule has 27 heavy (non-hydrogen) atoms. The second-order valence-electron chi connectivity index (χ2n) is 8.00. The van der Waals surface area contributed by atoms with Gasteiger partial charge in [0.25, 0.3) is 0 Å². The average molecular weight is 360 g/mol. The van der Waals surface area contributed by atoms with E-state index in [4.69, 9.17) is 0 Å². The van der Waals surface area contributed by atoms with Gasteiger partial charge in [-0.05, 0) is 12.0 Å². The lowest BCUT2D eigenvalue weighted by molar-refractivity contribution is -0.122. The van der Waals surface area contributed by atoms with Crippen molar-refractivity contribution in [1.82, 2.24) is 5.32 Å². The summed E-state index contributed by atoms with van der Waals surface area (Å²) < 4.78 is 0. The fourth-order valence-corrected chi connectivity index (χ4v) is 5.17. The second-order valence-corrected chi connectivity index (χ2v) is 8.00. The highest BCUT2D eigenvalue weighted by Crippen LogP contribution is 2.53. The molecular formula is C22H20N2O3. The van der Waals surface area contributed by atoms with E-state index in [9.17, 15) is 14.4 Å². The Labute approximate surface area is 157 Å². The van der Waals surface area contributed by atoms with Crippen LogP contribution in [0.5, 0.6) is 0 Å². The molecule has 1 amide bonds. The molecular weight excluding hydrogens is 340 g/mol. The van der Waals surface area contributed by atoms with Crippen molar-refractivity contribution in [3.8, 4) is 0 Å². The van der Waals surface area contributed by atoms with Gasteiger partial charge < -0.3 is 5.32 Å². The molecule has 2 aromatic carbocycles. The number of anilines is 1. The van der Waals surface area contributed by atoms with Gasteiger partial charge in [0.15, 0.2) is 11.6 Å². The number of carbonyl (C=O) groups excluding carboxylic acids is 3. The number of amides is 1. The van der Waals surface area contributed by atoms with E-state index in [2.05, 4.69) is 10.6 Å². The molecule has 1 spiro atoms. The molecule has 1 fully saturated rings. The van der Waals surface area contributed by atoms with Gasteiger partial charge in [-0.1, -0.05) is 56.3 Å². The number of ketones is 2. The Morgan fingerprint density at radius 1 is 0.889 bits per heavy atom. The molecule has 2 heterocycles. The Bertz CT molecular complexity index is 1010. The quantitative estimate of drug-likeness (QED) is 0.820. The molecule has 3 aliphatic rings. The third kappa shape index (κ3) is 1.90. The van der Waals surface area contributed by atoms with E-state index in [0.29, 0.717) is 16.8 Å². The third-order valence-corrected chi connectivity index (χ3v) is 6.33. The standard InChI is InChI=1S/C22H20N2O3/c1-11(2)18-16-17(20(26)13-8-4-3-7-12(13)19(16)25)22(24-18)14-9-5-6-10-15(14)23-21(22)27/h3-11,16-18,24H,1-2H3,(H,23,27)/t16-,17+,18-,22+/m1/s1. The Morgan fingerprint density at radius 3 is 2.22 bits per heavy atom. The van der Waals surface area contributed by atoms with E-state index in [-0.39, 0.29) is 29.4 Å². The predicted octanol–water partition coefficient (Wildman–Crippen LogP) is 2.77. The number of rotatable bonds is 1. The first-order valence-corrected chi connectivity index (χ1v) is 9.33. The van der Waals surface area contributed by atoms with Crippen LogP contribution in [0.3, 0.4) is 0 Å². The highest BCUT2D eigenvalue weighted by molar-refractivity contribution is 6.21. The van der Waals surface area contributed by atoms with E-state index in [1.807, 2.05) is 38.1 Å². The van der Waals surface area contributed by atoms with Crippen LogP contribution in [0.25, 0.3) is 0 Å². The van der Waals surface area contributed by atoms with Gasteiger partial charge in [0, 0.05) is 28.4 Å². The van der Waals surface area contributed by atoms with Gasteiger partial charge in [-0.2, -0.15) is 0 Å². The largest absolute Gasteiger partial charge is 0.324 e. The smallest absolute Gasteiger partial charge is 0.250 e. The van der Waals surface area contributed by atoms with E-state index < -0.39 is 17.4 Å². The molecule has 0 radical (unpaired) electrons. The van der Waals surface area contributed by atoms with E-state index in [0.717, 1.165) is 5.56 Å². The van der Waals surface area contributed by atoms with Crippen LogP contribution in [0, 0.1) is 17.8 Å². The topological polar surface area (TPSA) is 75.3 Å². The third-order valence-electron chi connectivity index (χ3n) is 6.33. The minimum Gasteiger partial charge on any atom is -0.324 e. The maximum absolute atomic E-state index is 13.6. The highest BCUT2D eigenvalue weighted by atomic mass is 16.2. The normalized spacial score (nSPS) is 31.1. The fraction of sp³-hybridized carbons (Fsp3) is 0.318. The van der Waals surface area contributed by atoms with Crippen LogP contribution < -0.4 is 10.6 Å². The fourth-order valence-electron chi connectivity index (χ4n) is 5.17. The molecule has 136 valence electrons. The number of para-hydroxylation sites is 1. The summed E-state index contributed by atoms with van der Waals surface area (Å²) in [6, 6.07) is 14.1. The second kappa shape index (κ2) is 5.36. The van der Waals surface area contributed by atoms with Crippen LogP contribution in [0.1, 0.15) is 40.1 Å². The van der Waals surface area contributed by atoms with Gasteiger partial charge in [-0.25, -0.2) is 0 Å². The molecule has 0 aromatic heterocycles. The number of carbonyl (C=O) groups is 3. The first-order valence-electron chi connectivity index (χ1n) is 9.33. The Balaban J connectivity index is 1.79. The summed E-state index contributed by atoms with van der Waals surface area (Å²) in [6.07, 6.45) is 0. The monoisotopic (exact) mass is 360 g/mol. The number of benzene rings is 2. The first kappa shape index (κ1) is 16.4. The Kier molecular flexibility index (Phi) is 3.25. The summed E-state index contributed by atoms with van der Waals surface area (Å²) in [6.45, 7) is 4.04. The number of nitrogens with one attached hydrogen (secondary N) is 2. The maximum atomic E-state index is 13.6. The lowest BCUT2D eigenvalue weighted by Crippen LogP contribution is -2.52. The van der Waals surface area contributed by atoms with Crippen molar-refractivity contribution >= 4 is 23.2 Å². The van der Waals surface area contributed by atoms with Crippen molar-refractivity contribution in [2.45, 2.75) is 25.4 Å². The van der Waals surface area contributed by atoms with Crippen LogP contribution in [0.2, 0.25) is 0 Å². The number of Topliss-reactive ketones (excluding diaryl/α,β-unsaturated/α-hetero) is 2. The number of hydrogen-bond donors (Lipinski definition) is 2. The van der Waals surface area contributed by atoms with E-state index in [1.54, 1.807) is 24.3 Å². The summed E-state index contributed by atoms with van der Waals surface area (Å²) >= 11 is 0. The van der Waals surface area contributed by atoms with Crippen molar-refractivity contribution in [3.63, 3.8) is 0 Å². The van der Waals surface area contributed by atoms with Gasteiger partial charge in [0.05, 0.1) is 11.8 Å². The first-order chi connectivity index (χ1) is 13.0.